The van der Waals surface area contributed by atoms with E-state index in [0.717, 1.165) is 16.5 Å². The first-order valence-electron chi connectivity index (χ1n) is 6.50. The molecule has 0 saturated heterocycles. The van der Waals surface area contributed by atoms with Gasteiger partial charge in [0.15, 0.2) is 0 Å². The number of rotatable bonds is 5. The highest BCUT2D eigenvalue weighted by Crippen LogP contribution is 2.21. The molecule has 0 fully saturated rings. The van der Waals surface area contributed by atoms with Crippen molar-refractivity contribution in [1.29, 1.82) is 0 Å². The summed E-state index contributed by atoms with van der Waals surface area (Å²) in [6.45, 7) is 2.73. The minimum Gasteiger partial charge on any atom is -0.508 e. The Morgan fingerprint density at radius 2 is 1.90 bits per heavy atom. The Kier molecular flexibility index (Phi) is 5.46. The quantitative estimate of drug-likeness (QED) is 0.827. The van der Waals surface area contributed by atoms with E-state index in [1.807, 2.05) is 12.1 Å². The number of phenols is 1. The normalized spacial score (nSPS) is 12.3. The van der Waals surface area contributed by atoms with Crippen LogP contribution in [0.15, 0.2) is 46.9 Å². The van der Waals surface area contributed by atoms with E-state index in [4.69, 9.17) is 11.6 Å². The number of benzene rings is 2. The molecule has 106 valence electrons. The number of phenolic OH excluding ortho intramolecular Hbond substituents is 1. The molecule has 0 bridgehead atoms. The van der Waals surface area contributed by atoms with Crippen LogP contribution in [0.4, 0.5) is 0 Å². The lowest BCUT2D eigenvalue weighted by atomic mass is 10.1. The van der Waals surface area contributed by atoms with Crippen molar-refractivity contribution in [3.05, 3.63) is 63.1 Å². The first-order chi connectivity index (χ1) is 9.54. The largest absolute Gasteiger partial charge is 0.508 e. The van der Waals surface area contributed by atoms with Crippen LogP contribution in [0.25, 0.3) is 0 Å². The summed E-state index contributed by atoms with van der Waals surface area (Å²) in [4.78, 5) is 0. The van der Waals surface area contributed by atoms with Gasteiger partial charge in [-0.3, -0.25) is 0 Å². The van der Waals surface area contributed by atoms with E-state index in [2.05, 4.69) is 40.3 Å². The Hall–Kier alpha value is -1.03. The molecule has 0 heterocycles. The summed E-state index contributed by atoms with van der Waals surface area (Å²) in [5.74, 6) is 0.276. The van der Waals surface area contributed by atoms with E-state index in [-0.39, 0.29) is 5.75 Å². The lowest BCUT2D eigenvalue weighted by Crippen LogP contribution is -2.27. The van der Waals surface area contributed by atoms with Gasteiger partial charge in [0.1, 0.15) is 5.75 Å². The van der Waals surface area contributed by atoms with Gasteiger partial charge in [-0.05, 0) is 49.2 Å². The first kappa shape index (κ1) is 15.4. The number of halogens is 2. The van der Waals surface area contributed by atoms with Crippen LogP contribution in [0.3, 0.4) is 0 Å². The van der Waals surface area contributed by atoms with E-state index in [0.29, 0.717) is 17.6 Å². The van der Waals surface area contributed by atoms with Crippen molar-refractivity contribution >= 4 is 27.5 Å². The van der Waals surface area contributed by atoms with Crippen LogP contribution in [0.1, 0.15) is 18.1 Å². The summed E-state index contributed by atoms with van der Waals surface area (Å²) in [6, 6.07) is 13.7. The highest BCUT2D eigenvalue weighted by molar-refractivity contribution is 9.10. The maximum atomic E-state index is 9.76. The van der Waals surface area contributed by atoms with Gasteiger partial charge >= 0.3 is 0 Å². The zero-order chi connectivity index (χ0) is 14.5. The highest BCUT2D eigenvalue weighted by atomic mass is 79.9. The molecule has 0 aliphatic carbocycles. The van der Waals surface area contributed by atoms with Gasteiger partial charge < -0.3 is 10.4 Å². The molecular weight excluding hydrogens is 338 g/mol. The Balaban J connectivity index is 1.90. The third-order valence-corrected chi connectivity index (χ3v) is 3.90. The molecule has 1 unspecified atom stereocenters. The molecule has 2 N–H and O–H groups in total. The topological polar surface area (TPSA) is 32.3 Å². The first-order valence-corrected chi connectivity index (χ1v) is 7.67. The predicted octanol–water partition coefficient (Wildman–Crippen LogP) is 4.53. The zero-order valence-corrected chi connectivity index (χ0v) is 13.6. The van der Waals surface area contributed by atoms with E-state index in [1.165, 1.54) is 5.56 Å². The standard InChI is InChI=1S/C16H17BrClNO/c1-11(8-12-2-4-14(17)5-3-12)19-10-13-9-15(18)6-7-16(13)20/h2-7,9,11,19-20H,8,10H2,1H3. The second kappa shape index (κ2) is 7.11. The summed E-state index contributed by atoms with van der Waals surface area (Å²) in [5.41, 5.74) is 2.10. The monoisotopic (exact) mass is 353 g/mol. The minimum atomic E-state index is 0.276. The van der Waals surface area contributed by atoms with Gasteiger partial charge in [-0.15, -0.1) is 0 Å². The van der Waals surface area contributed by atoms with Gasteiger partial charge in [0.2, 0.25) is 0 Å². The molecule has 0 radical (unpaired) electrons. The van der Waals surface area contributed by atoms with Crippen molar-refractivity contribution in [2.45, 2.75) is 25.9 Å². The molecule has 0 amide bonds. The van der Waals surface area contributed by atoms with Crippen LogP contribution < -0.4 is 5.32 Å². The number of hydrogen-bond acceptors (Lipinski definition) is 2. The lowest BCUT2D eigenvalue weighted by molar-refractivity contribution is 0.458. The summed E-state index contributed by atoms with van der Waals surface area (Å²) in [7, 11) is 0. The molecule has 20 heavy (non-hydrogen) atoms. The van der Waals surface area contributed by atoms with Crippen LogP contribution >= 0.6 is 27.5 Å². The zero-order valence-electron chi connectivity index (χ0n) is 11.2. The Labute approximate surface area is 132 Å². The van der Waals surface area contributed by atoms with Gasteiger partial charge in [-0.25, -0.2) is 0 Å². The second-order valence-corrected chi connectivity index (χ2v) is 6.24. The fraction of sp³-hybridized carbons (Fsp3) is 0.250. The smallest absolute Gasteiger partial charge is 0.120 e. The van der Waals surface area contributed by atoms with E-state index >= 15 is 0 Å². The molecule has 2 rings (SSSR count). The van der Waals surface area contributed by atoms with Crippen molar-refractivity contribution in [3.63, 3.8) is 0 Å². The minimum absolute atomic E-state index is 0.276. The average molecular weight is 355 g/mol. The molecule has 2 nitrogen and oxygen atoms in total. The van der Waals surface area contributed by atoms with Crippen molar-refractivity contribution in [2.24, 2.45) is 0 Å². The molecule has 1 atom stereocenters. The van der Waals surface area contributed by atoms with Gasteiger partial charge in [0.25, 0.3) is 0 Å². The van der Waals surface area contributed by atoms with Crippen molar-refractivity contribution in [1.82, 2.24) is 5.32 Å². The van der Waals surface area contributed by atoms with Crippen LogP contribution in [0.5, 0.6) is 5.75 Å². The molecule has 0 aliphatic heterocycles. The van der Waals surface area contributed by atoms with E-state index in [9.17, 15) is 5.11 Å². The number of nitrogens with one attached hydrogen (secondary N) is 1. The third kappa shape index (κ3) is 4.51. The predicted molar refractivity (Wildman–Crippen MR) is 87.3 cm³/mol. The fourth-order valence-corrected chi connectivity index (χ4v) is 2.49. The molecular formula is C16H17BrClNO. The Morgan fingerprint density at radius 1 is 1.20 bits per heavy atom. The molecule has 2 aromatic carbocycles. The SMILES string of the molecule is CC(Cc1ccc(Br)cc1)NCc1cc(Cl)ccc1O. The van der Waals surface area contributed by atoms with Gasteiger partial charge in [-0.2, -0.15) is 0 Å². The van der Waals surface area contributed by atoms with Gasteiger partial charge in [0, 0.05) is 27.6 Å². The maximum absolute atomic E-state index is 9.76. The Bertz CT molecular complexity index is 571. The third-order valence-electron chi connectivity index (χ3n) is 3.14. The molecule has 0 aromatic heterocycles. The molecule has 0 spiro atoms. The highest BCUT2D eigenvalue weighted by Gasteiger charge is 2.06. The van der Waals surface area contributed by atoms with Crippen LogP contribution in [-0.2, 0) is 13.0 Å². The summed E-state index contributed by atoms with van der Waals surface area (Å²) in [5, 5.41) is 13.8. The van der Waals surface area contributed by atoms with Gasteiger partial charge in [-0.1, -0.05) is 39.7 Å². The van der Waals surface area contributed by atoms with E-state index in [1.54, 1.807) is 18.2 Å². The van der Waals surface area contributed by atoms with E-state index < -0.39 is 0 Å². The number of hydrogen-bond donors (Lipinski definition) is 2. The second-order valence-electron chi connectivity index (χ2n) is 4.89. The molecule has 0 saturated carbocycles. The average Bonchev–Trinajstić information content (AvgIpc) is 2.42. The van der Waals surface area contributed by atoms with Crippen LogP contribution in [-0.4, -0.2) is 11.1 Å². The summed E-state index contributed by atoms with van der Waals surface area (Å²) in [6.07, 6.45) is 0.939. The molecule has 0 aliphatic rings. The molecule has 2 aromatic rings. The summed E-state index contributed by atoms with van der Waals surface area (Å²) < 4.78 is 1.09. The Morgan fingerprint density at radius 3 is 2.60 bits per heavy atom. The molecule has 4 heteroatoms. The van der Waals surface area contributed by atoms with Crippen molar-refractivity contribution in [2.75, 3.05) is 0 Å². The van der Waals surface area contributed by atoms with Gasteiger partial charge in [0.05, 0.1) is 0 Å². The van der Waals surface area contributed by atoms with Crippen LogP contribution in [0.2, 0.25) is 5.02 Å². The lowest BCUT2D eigenvalue weighted by Gasteiger charge is -2.15. The van der Waals surface area contributed by atoms with Crippen molar-refractivity contribution < 1.29 is 5.11 Å². The summed E-state index contributed by atoms with van der Waals surface area (Å²) >= 11 is 9.37. The van der Waals surface area contributed by atoms with Crippen LogP contribution in [0, 0.1) is 0 Å². The fourth-order valence-electron chi connectivity index (χ4n) is 2.03. The van der Waals surface area contributed by atoms with Crippen molar-refractivity contribution in [3.8, 4) is 5.75 Å². The number of aromatic hydroxyl groups is 1. The maximum Gasteiger partial charge on any atom is 0.120 e.